The van der Waals surface area contributed by atoms with Gasteiger partial charge in [-0.1, -0.05) is 0 Å². The summed E-state index contributed by atoms with van der Waals surface area (Å²) in [7, 11) is 4.17. The Morgan fingerprint density at radius 3 is 1.12 bits per heavy atom. The van der Waals surface area contributed by atoms with Crippen molar-refractivity contribution in [1.29, 1.82) is 10.5 Å². The van der Waals surface area contributed by atoms with E-state index in [4.69, 9.17) is 9.47 Å². The maximum Gasteiger partial charge on any atom is 0.331 e. The average molecular weight is 579 g/mol. The molecule has 2 heterocycles. The van der Waals surface area contributed by atoms with Gasteiger partial charge in [0.15, 0.2) is 10.8 Å². The number of rotatable bonds is 6. The molecular formula is C34H50N4O4. The van der Waals surface area contributed by atoms with Gasteiger partial charge in [-0.3, -0.25) is 9.80 Å². The van der Waals surface area contributed by atoms with Crippen LogP contribution < -0.4 is 9.47 Å². The van der Waals surface area contributed by atoms with Crippen molar-refractivity contribution in [2.45, 2.75) is 117 Å². The molecule has 8 nitrogen and oxygen atoms in total. The van der Waals surface area contributed by atoms with Gasteiger partial charge in [0.25, 0.3) is 0 Å². The molecular weight excluding hydrogens is 528 g/mol. The maximum absolute atomic E-state index is 13.4. The normalized spacial score (nSPS) is 25.2. The number of hydrogen-bond acceptors (Lipinski definition) is 8. The lowest BCUT2D eigenvalue weighted by Gasteiger charge is -2.55. The summed E-state index contributed by atoms with van der Waals surface area (Å²) in [6, 6.07) is 10.7. The largest absolute Gasteiger partial charge is 0.425 e. The Bertz CT molecular complexity index is 1150. The van der Waals surface area contributed by atoms with E-state index in [9.17, 15) is 20.1 Å². The molecule has 2 saturated heterocycles. The van der Waals surface area contributed by atoms with E-state index >= 15 is 0 Å². The third kappa shape index (κ3) is 6.08. The summed E-state index contributed by atoms with van der Waals surface area (Å²) in [6.07, 6.45) is 2.74. The highest BCUT2D eigenvalue weighted by molar-refractivity contribution is 5.83. The van der Waals surface area contributed by atoms with Crippen LogP contribution in [0, 0.1) is 45.3 Å². The number of nitrogens with zero attached hydrogens (tertiary/aromatic N) is 4. The first-order chi connectivity index (χ1) is 19.1. The van der Waals surface area contributed by atoms with E-state index in [2.05, 4.69) is 91.4 Å². The van der Waals surface area contributed by atoms with Crippen LogP contribution in [0.5, 0.6) is 11.5 Å². The summed E-state index contributed by atoms with van der Waals surface area (Å²) in [5.74, 6) is -1.05. The fourth-order valence-electron chi connectivity index (χ4n) is 7.17. The number of esters is 2. The van der Waals surface area contributed by atoms with Crippen LogP contribution in [0.2, 0.25) is 0 Å². The number of benzene rings is 1. The van der Waals surface area contributed by atoms with Crippen molar-refractivity contribution in [3.05, 3.63) is 24.3 Å². The second-order valence-corrected chi connectivity index (χ2v) is 15.5. The van der Waals surface area contributed by atoms with Crippen molar-refractivity contribution in [3.8, 4) is 23.6 Å². The van der Waals surface area contributed by atoms with Crippen molar-refractivity contribution in [2.75, 3.05) is 14.1 Å². The molecule has 0 N–H and O–H groups in total. The lowest BCUT2D eigenvalue weighted by molar-refractivity contribution is -0.150. The number of hydrogen-bond donors (Lipinski definition) is 0. The van der Waals surface area contributed by atoms with Gasteiger partial charge in [-0.25, -0.2) is 9.59 Å². The predicted octanol–water partition coefficient (Wildman–Crippen LogP) is 6.36. The zero-order chi connectivity index (χ0) is 32.1. The third-order valence-electron chi connectivity index (χ3n) is 10.8. The lowest BCUT2D eigenvalue weighted by atomic mass is 9.64. The van der Waals surface area contributed by atoms with Crippen molar-refractivity contribution in [3.63, 3.8) is 0 Å². The van der Waals surface area contributed by atoms with E-state index in [1.807, 2.05) is 0 Å². The molecule has 0 aliphatic carbocycles. The molecule has 0 saturated carbocycles. The van der Waals surface area contributed by atoms with E-state index < -0.39 is 22.8 Å². The quantitative estimate of drug-likeness (QED) is 0.284. The molecule has 230 valence electrons. The highest BCUT2D eigenvalue weighted by atomic mass is 16.5. The standard InChI is InChI=1S/C34H50N4O4/c1-29(2)17-23(18-30(3,4)37(29)11)33(9,21-35)27(39)41-25-13-15-26(16-14-25)42-28(40)34(10,22-36)24-19-31(5,6)38(12)32(7,8)20-24/h13-16,23-24H,17-20H2,1-12H3. The molecule has 0 spiro atoms. The van der Waals surface area contributed by atoms with Crippen molar-refractivity contribution >= 4 is 11.9 Å². The minimum Gasteiger partial charge on any atom is -0.425 e. The zero-order valence-electron chi connectivity index (χ0n) is 27.7. The minimum atomic E-state index is -1.33. The van der Waals surface area contributed by atoms with E-state index in [0.717, 1.165) is 0 Å². The number of carbonyl (C=O) groups is 2. The summed E-state index contributed by atoms with van der Waals surface area (Å²) >= 11 is 0. The Morgan fingerprint density at radius 1 is 0.667 bits per heavy atom. The van der Waals surface area contributed by atoms with E-state index in [-0.39, 0.29) is 45.5 Å². The van der Waals surface area contributed by atoms with Gasteiger partial charge >= 0.3 is 11.9 Å². The Hall–Kier alpha value is -2.94. The van der Waals surface area contributed by atoms with Crippen molar-refractivity contribution < 1.29 is 19.1 Å². The third-order valence-corrected chi connectivity index (χ3v) is 10.8. The van der Waals surface area contributed by atoms with Gasteiger partial charge in [0.1, 0.15) is 11.5 Å². The number of piperidine rings is 2. The Labute approximate surface area is 252 Å². The van der Waals surface area contributed by atoms with Crippen LogP contribution in [0.25, 0.3) is 0 Å². The van der Waals surface area contributed by atoms with Gasteiger partial charge in [0.05, 0.1) is 12.1 Å². The van der Waals surface area contributed by atoms with Gasteiger partial charge in [-0.15, -0.1) is 0 Å². The van der Waals surface area contributed by atoms with Crippen molar-refractivity contribution in [1.82, 2.24) is 9.80 Å². The Kier molecular flexibility index (Phi) is 8.76. The number of carbonyl (C=O) groups excluding carboxylic acids is 2. The van der Waals surface area contributed by atoms with Gasteiger partial charge in [0, 0.05) is 22.2 Å². The first-order valence-electron chi connectivity index (χ1n) is 14.9. The monoisotopic (exact) mass is 578 g/mol. The van der Waals surface area contributed by atoms with Crippen LogP contribution in [-0.4, -0.2) is 58.0 Å². The van der Waals surface area contributed by atoms with E-state index in [1.54, 1.807) is 38.1 Å². The molecule has 2 atom stereocenters. The highest BCUT2D eigenvalue weighted by Crippen LogP contribution is 2.49. The van der Waals surface area contributed by atoms with Crippen LogP contribution in [0.15, 0.2) is 24.3 Å². The molecule has 2 unspecified atom stereocenters. The zero-order valence-corrected chi connectivity index (χ0v) is 27.7. The van der Waals surface area contributed by atoms with Crippen LogP contribution in [-0.2, 0) is 9.59 Å². The number of ether oxygens (including phenoxy) is 2. The Morgan fingerprint density at radius 2 is 0.905 bits per heavy atom. The fraction of sp³-hybridized carbons (Fsp3) is 0.706. The second kappa shape index (κ2) is 11.0. The summed E-state index contributed by atoms with van der Waals surface area (Å²) < 4.78 is 11.4. The number of nitriles is 2. The molecule has 1 aromatic rings. The van der Waals surface area contributed by atoms with Crippen LogP contribution in [0.3, 0.4) is 0 Å². The van der Waals surface area contributed by atoms with E-state index in [0.29, 0.717) is 25.7 Å². The molecule has 0 amide bonds. The fourth-order valence-corrected chi connectivity index (χ4v) is 7.17. The van der Waals surface area contributed by atoms with Crippen molar-refractivity contribution in [2.24, 2.45) is 22.7 Å². The van der Waals surface area contributed by atoms with Gasteiger partial charge in [-0.05, 0) is 145 Å². The van der Waals surface area contributed by atoms with Crippen LogP contribution >= 0.6 is 0 Å². The summed E-state index contributed by atoms with van der Waals surface area (Å²) in [4.78, 5) is 31.5. The average Bonchev–Trinajstić information content (AvgIpc) is 2.89. The molecule has 42 heavy (non-hydrogen) atoms. The van der Waals surface area contributed by atoms with Gasteiger partial charge < -0.3 is 9.47 Å². The minimum absolute atomic E-state index is 0.186. The molecule has 8 heteroatoms. The van der Waals surface area contributed by atoms with Crippen LogP contribution in [0.4, 0.5) is 0 Å². The van der Waals surface area contributed by atoms with Crippen LogP contribution in [0.1, 0.15) is 94.9 Å². The molecule has 2 aliphatic heterocycles. The maximum atomic E-state index is 13.4. The molecule has 0 radical (unpaired) electrons. The number of likely N-dealkylation sites (tertiary alicyclic amines) is 2. The van der Waals surface area contributed by atoms with Gasteiger partial charge in [0.2, 0.25) is 0 Å². The summed E-state index contributed by atoms with van der Waals surface area (Å²) in [6.45, 7) is 20.4. The molecule has 2 aliphatic rings. The molecule has 2 fully saturated rings. The first kappa shape index (κ1) is 33.6. The smallest absolute Gasteiger partial charge is 0.331 e. The molecule has 3 rings (SSSR count). The second-order valence-electron chi connectivity index (χ2n) is 15.5. The lowest BCUT2D eigenvalue weighted by Crippen LogP contribution is -2.61. The van der Waals surface area contributed by atoms with Gasteiger partial charge in [-0.2, -0.15) is 10.5 Å². The predicted molar refractivity (Wildman–Crippen MR) is 162 cm³/mol. The van der Waals surface area contributed by atoms with E-state index in [1.165, 1.54) is 0 Å². The molecule has 0 aromatic heterocycles. The topological polar surface area (TPSA) is 107 Å². The molecule has 1 aromatic carbocycles. The SMILES string of the molecule is CN1C(C)(C)CC(C(C)(C#N)C(=O)Oc2ccc(OC(=O)C(C)(C#N)C3CC(C)(C)N(C)C(C)(C)C3)cc2)CC1(C)C. The summed E-state index contributed by atoms with van der Waals surface area (Å²) in [5.41, 5.74) is -3.41. The Balaban J connectivity index is 1.74. The summed E-state index contributed by atoms with van der Waals surface area (Å²) in [5, 5.41) is 20.3. The molecule has 0 bridgehead atoms. The first-order valence-corrected chi connectivity index (χ1v) is 14.9. The highest BCUT2D eigenvalue weighted by Gasteiger charge is 2.54.